The highest BCUT2D eigenvalue weighted by atomic mass is 16.6. The molecule has 1 N–H and O–H groups in total. The Morgan fingerprint density at radius 3 is 2.43 bits per heavy atom. The Bertz CT molecular complexity index is 850. The number of carbonyl (C=O) groups is 2. The summed E-state index contributed by atoms with van der Waals surface area (Å²) in [4.78, 5) is 34.0. The van der Waals surface area contributed by atoms with Crippen molar-refractivity contribution in [3.63, 3.8) is 0 Å². The lowest BCUT2D eigenvalue weighted by Gasteiger charge is -2.09. The van der Waals surface area contributed by atoms with Gasteiger partial charge in [-0.1, -0.05) is 17.7 Å². The quantitative estimate of drug-likeness (QED) is 0.399. The van der Waals surface area contributed by atoms with Crippen molar-refractivity contribution < 1.29 is 28.7 Å². The molecule has 0 radical (unpaired) electrons. The maximum absolute atomic E-state index is 11.9. The average Bonchev–Trinajstić information content (AvgIpc) is 2.68. The topological polar surface area (TPSA) is 117 Å². The van der Waals surface area contributed by atoms with Gasteiger partial charge >= 0.3 is 5.97 Å². The summed E-state index contributed by atoms with van der Waals surface area (Å²) in [6.45, 7) is 1.49. The maximum atomic E-state index is 11.9. The molecule has 0 aliphatic rings. The number of nitrogens with one attached hydrogen (secondary N) is 1. The number of aryl methyl sites for hydroxylation is 1. The first-order chi connectivity index (χ1) is 13.4. The first-order valence-corrected chi connectivity index (χ1v) is 8.36. The van der Waals surface area contributed by atoms with Crippen LogP contribution in [0.15, 0.2) is 42.5 Å². The van der Waals surface area contributed by atoms with E-state index in [0.29, 0.717) is 5.75 Å². The van der Waals surface area contributed by atoms with Crippen LogP contribution < -0.4 is 14.8 Å². The summed E-state index contributed by atoms with van der Waals surface area (Å²) in [7, 11) is 1.37. The second-order valence-corrected chi connectivity index (χ2v) is 5.76. The van der Waals surface area contributed by atoms with Crippen molar-refractivity contribution in [1.82, 2.24) is 0 Å². The molecule has 0 fully saturated rings. The molecule has 0 heterocycles. The van der Waals surface area contributed by atoms with E-state index >= 15 is 0 Å². The fourth-order valence-corrected chi connectivity index (χ4v) is 2.19. The number of esters is 1. The molecule has 148 valence electrons. The standard InChI is InChI=1S/C19H20N2O7/c1-13-3-5-14(6-4-13)27-10-9-19(23)28-12-18(22)20-16-8-7-15(26-2)11-17(16)21(24)25/h3-8,11H,9-10,12H2,1-2H3,(H,20,22). The lowest BCUT2D eigenvalue weighted by Crippen LogP contribution is -2.22. The third-order valence-electron chi connectivity index (χ3n) is 3.64. The highest BCUT2D eigenvalue weighted by molar-refractivity contribution is 5.95. The number of benzene rings is 2. The minimum Gasteiger partial charge on any atom is -0.496 e. The van der Waals surface area contributed by atoms with E-state index in [9.17, 15) is 19.7 Å². The van der Waals surface area contributed by atoms with Crippen LogP contribution in [0, 0.1) is 17.0 Å². The molecule has 0 spiro atoms. The fraction of sp³-hybridized carbons (Fsp3) is 0.263. The van der Waals surface area contributed by atoms with Gasteiger partial charge in [-0.2, -0.15) is 0 Å². The van der Waals surface area contributed by atoms with Crippen molar-refractivity contribution in [3.05, 3.63) is 58.1 Å². The smallest absolute Gasteiger partial charge is 0.309 e. The molecule has 1 amide bonds. The highest BCUT2D eigenvalue weighted by Gasteiger charge is 2.18. The van der Waals surface area contributed by atoms with Gasteiger partial charge in [0.25, 0.3) is 11.6 Å². The SMILES string of the molecule is COc1ccc(NC(=O)COC(=O)CCOc2ccc(C)cc2)c([N+](=O)[O-])c1. The number of rotatable bonds is 9. The van der Waals surface area contributed by atoms with E-state index in [1.54, 1.807) is 12.1 Å². The molecule has 28 heavy (non-hydrogen) atoms. The summed E-state index contributed by atoms with van der Waals surface area (Å²) in [6, 6.07) is 11.3. The Balaban J connectivity index is 1.78. The van der Waals surface area contributed by atoms with Crippen molar-refractivity contribution in [2.24, 2.45) is 0 Å². The summed E-state index contributed by atoms with van der Waals surface area (Å²) in [5.74, 6) is -0.403. The number of methoxy groups -OCH3 is 1. The van der Waals surface area contributed by atoms with Crippen LogP contribution in [0.3, 0.4) is 0 Å². The number of nitrogens with zero attached hydrogens (tertiary/aromatic N) is 1. The van der Waals surface area contributed by atoms with E-state index in [0.717, 1.165) is 5.56 Å². The number of amides is 1. The van der Waals surface area contributed by atoms with Gasteiger partial charge in [0, 0.05) is 0 Å². The molecule has 0 saturated carbocycles. The average molecular weight is 388 g/mol. The number of hydrogen-bond donors (Lipinski definition) is 1. The summed E-state index contributed by atoms with van der Waals surface area (Å²) >= 11 is 0. The lowest BCUT2D eigenvalue weighted by atomic mass is 10.2. The Kier molecular flexibility index (Phi) is 7.32. The number of anilines is 1. The van der Waals surface area contributed by atoms with Crippen LogP contribution in [0.2, 0.25) is 0 Å². The number of ether oxygens (including phenoxy) is 3. The van der Waals surface area contributed by atoms with Crippen molar-refractivity contribution in [2.75, 3.05) is 25.6 Å². The van der Waals surface area contributed by atoms with E-state index in [1.165, 1.54) is 25.3 Å². The van der Waals surface area contributed by atoms with Gasteiger partial charge in [-0.3, -0.25) is 19.7 Å². The Labute approximate surface area is 161 Å². The van der Waals surface area contributed by atoms with Crippen LogP contribution in [0.25, 0.3) is 0 Å². The monoisotopic (exact) mass is 388 g/mol. The first kappa shape index (κ1) is 20.7. The number of nitro groups is 1. The molecule has 0 atom stereocenters. The molecule has 9 heteroatoms. The van der Waals surface area contributed by atoms with E-state index in [2.05, 4.69) is 5.32 Å². The van der Waals surface area contributed by atoms with Crippen molar-refractivity contribution >= 4 is 23.3 Å². The Morgan fingerprint density at radius 1 is 1.11 bits per heavy atom. The van der Waals surface area contributed by atoms with Gasteiger partial charge in [-0.05, 0) is 31.2 Å². The minimum absolute atomic E-state index is 0.0189. The summed E-state index contributed by atoms with van der Waals surface area (Å²) in [5, 5.41) is 13.4. The van der Waals surface area contributed by atoms with Crippen LogP contribution >= 0.6 is 0 Å². The second-order valence-electron chi connectivity index (χ2n) is 5.76. The normalized spacial score (nSPS) is 10.1. The van der Waals surface area contributed by atoms with E-state index in [1.807, 2.05) is 19.1 Å². The summed E-state index contributed by atoms with van der Waals surface area (Å²) < 4.78 is 15.2. The summed E-state index contributed by atoms with van der Waals surface area (Å²) in [6.07, 6.45) is -0.0379. The zero-order chi connectivity index (χ0) is 20.5. The van der Waals surface area contributed by atoms with Gasteiger partial charge in [0.1, 0.15) is 17.2 Å². The maximum Gasteiger partial charge on any atom is 0.309 e. The highest BCUT2D eigenvalue weighted by Crippen LogP contribution is 2.28. The zero-order valence-electron chi connectivity index (χ0n) is 15.5. The Morgan fingerprint density at radius 2 is 1.79 bits per heavy atom. The first-order valence-electron chi connectivity index (χ1n) is 8.36. The van der Waals surface area contributed by atoms with Crippen LogP contribution in [0.5, 0.6) is 11.5 Å². The molecule has 2 aromatic rings. The van der Waals surface area contributed by atoms with Gasteiger partial charge in [-0.15, -0.1) is 0 Å². The molecule has 2 aromatic carbocycles. The van der Waals surface area contributed by atoms with Crippen LogP contribution in [-0.4, -0.2) is 37.1 Å². The van der Waals surface area contributed by atoms with Gasteiger partial charge in [0.2, 0.25) is 0 Å². The molecule has 9 nitrogen and oxygen atoms in total. The number of carbonyl (C=O) groups excluding carboxylic acids is 2. The van der Waals surface area contributed by atoms with Crippen molar-refractivity contribution in [2.45, 2.75) is 13.3 Å². The molecule has 0 unspecified atom stereocenters. The number of hydrogen-bond acceptors (Lipinski definition) is 7. The van der Waals surface area contributed by atoms with Crippen molar-refractivity contribution in [3.8, 4) is 11.5 Å². The predicted molar refractivity (Wildman–Crippen MR) is 101 cm³/mol. The van der Waals surface area contributed by atoms with Crippen LogP contribution in [0.1, 0.15) is 12.0 Å². The van der Waals surface area contributed by atoms with Crippen LogP contribution in [-0.2, 0) is 14.3 Å². The van der Waals surface area contributed by atoms with E-state index in [4.69, 9.17) is 14.2 Å². The largest absolute Gasteiger partial charge is 0.496 e. The van der Waals surface area contributed by atoms with E-state index < -0.39 is 23.4 Å². The van der Waals surface area contributed by atoms with Crippen molar-refractivity contribution in [1.29, 1.82) is 0 Å². The molecule has 0 aliphatic heterocycles. The molecule has 0 aliphatic carbocycles. The molecule has 0 aromatic heterocycles. The molecule has 0 saturated heterocycles. The molecule has 2 rings (SSSR count). The zero-order valence-corrected chi connectivity index (χ0v) is 15.5. The third kappa shape index (κ3) is 6.27. The summed E-state index contributed by atoms with van der Waals surface area (Å²) in [5.41, 5.74) is 0.745. The molecule has 0 bridgehead atoms. The van der Waals surface area contributed by atoms with Gasteiger partial charge in [0.15, 0.2) is 6.61 Å². The second kappa shape index (κ2) is 9.91. The molecular formula is C19H20N2O7. The predicted octanol–water partition coefficient (Wildman–Crippen LogP) is 2.86. The molecular weight excluding hydrogens is 368 g/mol. The van der Waals surface area contributed by atoms with Gasteiger partial charge < -0.3 is 19.5 Å². The van der Waals surface area contributed by atoms with Gasteiger partial charge in [0.05, 0.1) is 31.1 Å². The third-order valence-corrected chi connectivity index (χ3v) is 3.64. The fourth-order valence-electron chi connectivity index (χ4n) is 2.19. The minimum atomic E-state index is -0.693. The van der Waals surface area contributed by atoms with Gasteiger partial charge in [-0.25, -0.2) is 0 Å². The van der Waals surface area contributed by atoms with Crippen LogP contribution in [0.4, 0.5) is 11.4 Å². The Hall–Kier alpha value is -3.62. The lowest BCUT2D eigenvalue weighted by molar-refractivity contribution is -0.384. The number of nitro benzene ring substituents is 1. The van der Waals surface area contributed by atoms with E-state index in [-0.39, 0.29) is 30.2 Å².